The van der Waals surface area contributed by atoms with E-state index in [4.69, 9.17) is 9.47 Å². The molecule has 0 bridgehead atoms. The summed E-state index contributed by atoms with van der Waals surface area (Å²) in [5.74, 6) is -1.99. The molecule has 0 fully saturated rings. The van der Waals surface area contributed by atoms with E-state index in [0.29, 0.717) is 44.3 Å². The molecule has 10 heteroatoms. The number of nitrogens with one attached hydrogen (secondary N) is 2. The second-order valence-corrected chi connectivity index (χ2v) is 10.9. The van der Waals surface area contributed by atoms with Gasteiger partial charge in [-0.1, -0.05) is 26.0 Å². The fourth-order valence-corrected chi connectivity index (χ4v) is 5.86. The molecule has 4 aromatic rings. The fourth-order valence-electron chi connectivity index (χ4n) is 5.86. The summed E-state index contributed by atoms with van der Waals surface area (Å²) in [5, 5.41) is 20.1. The monoisotopic (exact) mass is 588 g/mol. The number of carbonyl (C=O) groups is 2. The lowest BCUT2D eigenvalue weighted by Gasteiger charge is -2.24. The van der Waals surface area contributed by atoms with Crippen LogP contribution in [0.5, 0.6) is 11.5 Å². The number of benzene rings is 2. The molecule has 2 aromatic heterocycles. The van der Waals surface area contributed by atoms with Crippen LogP contribution in [0.25, 0.3) is 33.0 Å². The quantitative estimate of drug-likeness (QED) is 0.234. The summed E-state index contributed by atoms with van der Waals surface area (Å²) in [6.07, 6.45) is 5.62. The number of likely N-dealkylation sites (N-methyl/N-ethyl adjacent to an activating group) is 2. The molecule has 4 heterocycles. The van der Waals surface area contributed by atoms with Crippen molar-refractivity contribution in [3.8, 4) is 23.6 Å². The number of nitrogens with zero attached hydrogens (tertiary/aromatic N) is 4. The summed E-state index contributed by atoms with van der Waals surface area (Å²) in [6, 6.07) is 14.4. The molecule has 10 nitrogen and oxygen atoms in total. The van der Waals surface area contributed by atoms with Crippen LogP contribution in [-0.4, -0.2) is 71.0 Å². The number of aromatic amines is 2. The molecule has 44 heavy (non-hydrogen) atoms. The van der Waals surface area contributed by atoms with Crippen molar-refractivity contribution in [2.45, 2.75) is 26.7 Å². The molecule has 2 aromatic carbocycles. The summed E-state index contributed by atoms with van der Waals surface area (Å²) in [4.78, 5) is 38.1. The molecule has 0 saturated carbocycles. The molecule has 0 aliphatic carbocycles. The summed E-state index contributed by atoms with van der Waals surface area (Å²) in [7, 11) is 0. The van der Waals surface area contributed by atoms with Crippen molar-refractivity contribution in [2.24, 2.45) is 0 Å². The summed E-state index contributed by atoms with van der Waals surface area (Å²) in [5.41, 5.74) is 5.30. The number of H-pyrrole nitrogens is 2. The highest BCUT2D eigenvalue weighted by Crippen LogP contribution is 2.39. The van der Waals surface area contributed by atoms with Gasteiger partial charge >= 0.3 is 11.9 Å². The fraction of sp³-hybridized carbons (Fsp3) is 0.294. The third-order valence-electron chi connectivity index (χ3n) is 8.44. The number of nitriles is 2. The predicted molar refractivity (Wildman–Crippen MR) is 167 cm³/mol. The maximum Gasteiger partial charge on any atom is 0.423 e. The van der Waals surface area contributed by atoms with Gasteiger partial charge in [-0.05, 0) is 73.5 Å². The van der Waals surface area contributed by atoms with E-state index in [9.17, 15) is 20.1 Å². The first-order valence-corrected chi connectivity index (χ1v) is 14.8. The Bertz CT molecular complexity index is 1790. The smallest absolute Gasteiger partial charge is 0.415 e. The molecule has 0 spiro atoms. The average Bonchev–Trinajstić information content (AvgIpc) is 3.61. The highest BCUT2D eigenvalue weighted by atomic mass is 16.6. The normalized spacial score (nSPS) is 15.8. The van der Waals surface area contributed by atoms with Crippen LogP contribution in [0, 0.1) is 22.7 Å². The Labute approximate surface area is 254 Å². The number of ether oxygens (including phenoxy) is 2. The van der Waals surface area contributed by atoms with Crippen LogP contribution < -0.4 is 9.47 Å². The number of hydrogen-bond donors (Lipinski definition) is 2. The Morgan fingerprint density at radius 2 is 1.18 bits per heavy atom. The summed E-state index contributed by atoms with van der Waals surface area (Å²) >= 11 is 0. The van der Waals surface area contributed by atoms with E-state index < -0.39 is 11.9 Å². The van der Waals surface area contributed by atoms with Gasteiger partial charge in [-0.2, -0.15) is 10.5 Å². The van der Waals surface area contributed by atoms with Crippen LogP contribution in [0.15, 0.2) is 48.6 Å². The summed E-state index contributed by atoms with van der Waals surface area (Å²) in [6.45, 7) is 9.25. The van der Waals surface area contributed by atoms with Gasteiger partial charge in [0.1, 0.15) is 0 Å². The Morgan fingerprint density at radius 1 is 0.750 bits per heavy atom. The maximum absolute atomic E-state index is 13.4. The number of carbonyl (C=O) groups excluding carboxylic acids is 2. The topological polar surface area (TPSA) is 138 Å². The van der Waals surface area contributed by atoms with E-state index >= 15 is 0 Å². The van der Waals surface area contributed by atoms with Crippen molar-refractivity contribution in [1.29, 1.82) is 10.5 Å². The lowest BCUT2D eigenvalue weighted by Crippen LogP contribution is -2.29. The van der Waals surface area contributed by atoms with E-state index in [1.54, 1.807) is 36.4 Å². The Kier molecular flexibility index (Phi) is 8.03. The standard InChI is InChI=1S/C34H32N6O4/c1-3-39-13-9-23(10-14-39)29-31(25-17-21(19-35)5-7-27(25)37-29)43-33(41)34(42)44-32-26-18-22(20-36)6-8-28(26)38-30(32)24-11-15-40(4-2)16-12-24/h5-9,11,17-18,37-38H,3-4,10,12-16H2,1-2H3. The van der Waals surface area contributed by atoms with E-state index in [2.05, 4.69) is 57.9 Å². The number of esters is 2. The third kappa shape index (κ3) is 5.49. The van der Waals surface area contributed by atoms with Gasteiger partial charge in [-0.3, -0.25) is 9.80 Å². The first-order valence-electron chi connectivity index (χ1n) is 14.8. The third-order valence-corrected chi connectivity index (χ3v) is 8.44. The van der Waals surface area contributed by atoms with E-state index in [0.717, 1.165) is 63.3 Å². The molecule has 0 radical (unpaired) electrons. The van der Waals surface area contributed by atoms with Gasteiger partial charge in [0.05, 0.1) is 34.7 Å². The van der Waals surface area contributed by atoms with Crippen molar-refractivity contribution >= 4 is 44.9 Å². The molecule has 0 unspecified atom stereocenters. The molecule has 2 N–H and O–H groups in total. The van der Waals surface area contributed by atoms with Crippen molar-refractivity contribution in [3.63, 3.8) is 0 Å². The van der Waals surface area contributed by atoms with Crippen molar-refractivity contribution < 1.29 is 19.1 Å². The molecule has 0 atom stereocenters. The van der Waals surface area contributed by atoms with Gasteiger partial charge < -0.3 is 19.4 Å². The van der Waals surface area contributed by atoms with Crippen LogP contribution in [-0.2, 0) is 9.59 Å². The second kappa shape index (κ2) is 12.2. The van der Waals surface area contributed by atoms with Gasteiger partial charge in [0.2, 0.25) is 0 Å². The Morgan fingerprint density at radius 3 is 1.52 bits per heavy atom. The van der Waals surface area contributed by atoms with Crippen LogP contribution in [0.3, 0.4) is 0 Å². The van der Waals surface area contributed by atoms with E-state index in [1.807, 2.05) is 0 Å². The summed E-state index contributed by atoms with van der Waals surface area (Å²) < 4.78 is 11.6. The lowest BCUT2D eigenvalue weighted by atomic mass is 10.0. The van der Waals surface area contributed by atoms with Crippen molar-refractivity contribution in [3.05, 3.63) is 71.1 Å². The number of rotatable bonds is 6. The molecular weight excluding hydrogens is 556 g/mol. The first-order chi connectivity index (χ1) is 21.4. The van der Waals surface area contributed by atoms with Crippen LogP contribution >= 0.6 is 0 Å². The highest BCUT2D eigenvalue weighted by molar-refractivity contribution is 6.31. The molecular formula is C34H32N6O4. The van der Waals surface area contributed by atoms with Crippen LogP contribution in [0.4, 0.5) is 0 Å². The Balaban J connectivity index is 1.35. The maximum atomic E-state index is 13.4. The predicted octanol–water partition coefficient (Wildman–Crippen LogP) is 5.12. The molecule has 2 aliphatic heterocycles. The molecule has 222 valence electrons. The molecule has 6 rings (SSSR count). The number of fused-ring (bicyclic) bond motifs is 2. The van der Waals surface area contributed by atoms with Gasteiger partial charge in [0.15, 0.2) is 11.5 Å². The van der Waals surface area contributed by atoms with Crippen LogP contribution in [0.2, 0.25) is 0 Å². The first kappa shape index (κ1) is 28.9. The lowest BCUT2D eigenvalue weighted by molar-refractivity contribution is -0.156. The van der Waals surface area contributed by atoms with E-state index in [1.165, 1.54) is 0 Å². The average molecular weight is 589 g/mol. The van der Waals surface area contributed by atoms with Gasteiger partial charge in [0, 0.05) is 48.0 Å². The zero-order chi connectivity index (χ0) is 30.8. The molecule has 0 saturated heterocycles. The van der Waals surface area contributed by atoms with Gasteiger partial charge in [-0.25, -0.2) is 9.59 Å². The van der Waals surface area contributed by atoms with Gasteiger partial charge in [0.25, 0.3) is 0 Å². The number of hydrogen-bond acceptors (Lipinski definition) is 8. The Hall–Kier alpha value is -5.16. The minimum absolute atomic E-state index is 0.191. The SMILES string of the molecule is CCN1CC=C(c2[nH]c3ccc(C#N)cc3c2OC(=O)C(=O)Oc2c(C3=CCN(CC)CC3)[nH]c3ccc(C#N)cc23)CC1. The number of aromatic nitrogens is 2. The molecule has 2 aliphatic rings. The molecule has 0 amide bonds. The highest BCUT2D eigenvalue weighted by Gasteiger charge is 2.29. The zero-order valence-corrected chi connectivity index (χ0v) is 24.7. The minimum atomic E-state index is -1.19. The zero-order valence-electron chi connectivity index (χ0n) is 24.7. The van der Waals surface area contributed by atoms with Crippen LogP contribution in [0.1, 0.15) is 49.2 Å². The van der Waals surface area contributed by atoms with Gasteiger partial charge in [-0.15, -0.1) is 0 Å². The minimum Gasteiger partial charge on any atom is -0.415 e. The van der Waals surface area contributed by atoms with Crippen molar-refractivity contribution in [1.82, 2.24) is 19.8 Å². The largest absolute Gasteiger partial charge is 0.423 e. The second-order valence-electron chi connectivity index (χ2n) is 10.9. The van der Waals surface area contributed by atoms with Crippen molar-refractivity contribution in [2.75, 3.05) is 39.3 Å². The van der Waals surface area contributed by atoms with E-state index in [-0.39, 0.29) is 11.5 Å².